The van der Waals surface area contributed by atoms with E-state index in [1.807, 2.05) is 0 Å². The lowest BCUT2D eigenvalue weighted by molar-refractivity contribution is -0.131. The first-order chi connectivity index (χ1) is 8.45. The molecular weight excluding hydrogens is 236 g/mol. The third kappa shape index (κ3) is 45.8. The smallest absolute Gasteiger partial charge is 0.327 e. The van der Waals surface area contributed by atoms with Crippen molar-refractivity contribution in [3.05, 3.63) is 12.7 Å². The Morgan fingerprint density at radius 3 is 1.83 bits per heavy atom. The van der Waals surface area contributed by atoms with Gasteiger partial charge in [-0.3, -0.25) is 0 Å². The molecule has 0 fully saturated rings. The summed E-state index contributed by atoms with van der Waals surface area (Å²) in [5.41, 5.74) is 0. The van der Waals surface area contributed by atoms with Gasteiger partial charge in [0.1, 0.15) is 0 Å². The molecule has 1 atom stereocenters. The van der Waals surface area contributed by atoms with E-state index in [1.54, 1.807) is 6.92 Å². The highest BCUT2D eigenvalue weighted by atomic mass is 16.5. The molecule has 0 rings (SSSR count). The Hall–Kier alpha value is -0.910. The van der Waals surface area contributed by atoms with Crippen LogP contribution in [0.2, 0.25) is 0 Å². The third-order valence-corrected chi connectivity index (χ3v) is 1.42. The molecule has 0 aromatic carbocycles. The van der Waals surface area contributed by atoms with Crippen LogP contribution in [0.15, 0.2) is 12.7 Å². The van der Waals surface area contributed by atoms with Crippen molar-refractivity contribution in [3.63, 3.8) is 0 Å². The molecular formula is C13H28O5. The topological polar surface area (TPSA) is 87.0 Å². The summed E-state index contributed by atoms with van der Waals surface area (Å²) >= 11 is 0. The number of ether oxygens (including phenoxy) is 1. The first-order valence-electron chi connectivity index (χ1n) is 6.18. The lowest BCUT2D eigenvalue weighted by Crippen LogP contribution is -2.00. The molecule has 5 nitrogen and oxygen atoms in total. The molecule has 0 spiro atoms. The summed E-state index contributed by atoms with van der Waals surface area (Å²) in [6, 6.07) is 0. The number of aliphatic hydroxyl groups excluding tert-OH is 2. The number of rotatable bonds is 7. The predicted molar refractivity (Wildman–Crippen MR) is 72.6 cm³/mol. The van der Waals surface area contributed by atoms with Gasteiger partial charge < -0.3 is 20.1 Å². The number of carboxylic acids is 1. The van der Waals surface area contributed by atoms with Crippen molar-refractivity contribution < 1.29 is 24.9 Å². The Balaban J connectivity index is -0.000000190. The average Bonchev–Trinajstić information content (AvgIpc) is 2.31. The molecule has 0 amide bonds. The first kappa shape index (κ1) is 22.3. The molecule has 0 aromatic heterocycles. The number of carboxylic acid groups (broad SMARTS) is 1. The first-order valence-corrected chi connectivity index (χ1v) is 6.18. The molecule has 0 saturated carbocycles. The summed E-state index contributed by atoms with van der Waals surface area (Å²) in [6.45, 7) is 10.8. The Labute approximate surface area is 110 Å². The number of aliphatic hydroxyl groups is 2. The van der Waals surface area contributed by atoms with Gasteiger partial charge in [0.25, 0.3) is 0 Å². The van der Waals surface area contributed by atoms with Crippen molar-refractivity contribution >= 4 is 5.97 Å². The van der Waals surface area contributed by atoms with E-state index in [0.29, 0.717) is 6.42 Å². The molecule has 1 unspecified atom stereocenters. The van der Waals surface area contributed by atoms with Gasteiger partial charge in [-0.1, -0.05) is 20.4 Å². The van der Waals surface area contributed by atoms with E-state index in [4.69, 9.17) is 20.1 Å². The zero-order chi connectivity index (χ0) is 14.8. The summed E-state index contributed by atoms with van der Waals surface area (Å²) < 4.78 is 5.13. The van der Waals surface area contributed by atoms with E-state index in [2.05, 4.69) is 20.4 Å². The van der Waals surface area contributed by atoms with Crippen LogP contribution in [-0.4, -0.2) is 47.2 Å². The van der Waals surface area contributed by atoms with Crippen LogP contribution in [0, 0.1) is 0 Å². The second-order valence-corrected chi connectivity index (χ2v) is 3.52. The van der Waals surface area contributed by atoms with Gasteiger partial charge in [-0.05, 0) is 26.2 Å². The molecule has 0 radical (unpaired) electrons. The highest BCUT2D eigenvalue weighted by Gasteiger charge is 1.88. The van der Waals surface area contributed by atoms with Crippen LogP contribution < -0.4 is 0 Å². The molecule has 18 heavy (non-hydrogen) atoms. The lowest BCUT2D eigenvalue weighted by atomic mass is 10.3. The fourth-order valence-electron chi connectivity index (χ4n) is 0.578. The molecule has 0 saturated heterocycles. The largest absolute Gasteiger partial charge is 0.478 e. The van der Waals surface area contributed by atoms with Gasteiger partial charge in [0.05, 0.1) is 6.10 Å². The van der Waals surface area contributed by atoms with Crippen molar-refractivity contribution in [1.29, 1.82) is 0 Å². The molecule has 5 heteroatoms. The Kier molecular flexibility index (Phi) is 26.5. The number of carbonyl (C=O) groups is 1. The fraction of sp³-hybridized carbons (Fsp3) is 0.769. The van der Waals surface area contributed by atoms with Crippen molar-refractivity contribution in [3.8, 4) is 0 Å². The minimum absolute atomic E-state index is 0.0810. The fourth-order valence-corrected chi connectivity index (χ4v) is 0.578. The maximum atomic E-state index is 9.25. The normalized spacial score (nSPS) is 10.3. The highest BCUT2D eigenvalue weighted by Crippen LogP contribution is 1.83. The zero-order valence-corrected chi connectivity index (χ0v) is 11.8. The van der Waals surface area contributed by atoms with E-state index in [-0.39, 0.29) is 12.7 Å². The van der Waals surface area contributed by atoms with Crippen LogP contribution in [-0.2, 0) is 9.53 Å². The molecule has 0 aliphatic rings. The minimum Gasteiger partial charge on any atom is -0.478 e. The molecule has 3 N–H and O–H groups in total. The third-order valence-electron chi connectivity index (χ3n) is 1.42. The van der Waals surface area contributed by atoms with Crippen molar-refractivity contribution in [2.45, 2.75) is 46.1 Å². The summed E-state index contributed by atoms with van der Waals surface area (Å²) in [4.78, 5) is 9.25. The van der Waals surface area contributed by atoms with E-state index in [1.165, 1.54) is 0 Å². The minimum atomic E-state index is -0.981. The SMILES string of the molecule is C=CC(=O)O.CC(O)CCO.CCCOCCC. The van der Waals surface area contributed by atoms with E-state index in [0.717, 1.165) is 32.1 Å². The monoisotopic (exact) mass is 264 g/mol. The van der Waals surface area contributed by atoms with Crippen molar-refractivity contribution in [1.82, 2.24) is 0 Å². The van der Waals surface area contributed by atoms with Gasteiger partial charge in [-0.15, -0.1) is 0 Å². The van der Waals surface area contributed by atoms with Gasteiger partial charge in [0, 0.05) is 25.9 Å². The van der Waals surface area contributed by atoms with Gasteiger partial charge in [-0.2, -0.15) is 0 Å². The van der Waals surface area contributed by atoms with Crippen molar-refractivity contribution in [2.24, 2.45) is 0 Å². The van der Waals surface area contributed by atoms with E-state index in [9.17, 15) is 4.79 Å². The maximum absolute atomic E-state index is 9.25. The van der Waals surface area contributed by atoms with Crippen LogP contribution in [0.4, 0.5) is 0 Å². The molecule has 0 aliphatic carbocycles. The second-order valence-electron chi connectivity index (χ2n) is 3.52. The van der Waals surface area contributed by atoms with E-state index >= 15 is 0 Å². The average molecular weight is 264 g/mol. The summed E-state index contributed by atoms with van der Waals surface area (Å²) in [5, 5.41) is 24.1. The summed E-state index contributed by atoms with van der Waals surface area (Å²) in [5.74, 6) is -0.981. The molecule has 0 aliphatic heterocycles. The molecule has 0 heterocycles. The maximum Gasteiger partial charge on any atom is 0.327 e. The van der Waals surface area contributed by atoms with E-state index < -0.39 is 5.97 Å². The Morgan fingerprint density at radius 1 is 1.33 bits per heavy atom. The summed E-state index contributed by atoms with van der Waals surface area (Å²) in [7, 11) is 0. The molecule has 0 bridgehead atoms. The van der Waals surface area contributed by atoms with Gasteiger partial charge >= 0.3 is 5.97 Å². The standard InChI is InChI=1S/C6H14O.C4H10O2.C3H4O2/c1-3-5-7-6-4-2;1-4(6)2-3-5;1-2-3(4)5/h3-6H2,1-2H3;4-6H,2-3H2,1H3;2H,1H2,(H,4,5). The van der Waals surface area contributed by atoms with Gasteiger partial charge in [-0.25, -0.2) is 4.79 Å². The van der Waals surface area contributed by atoms with Crippen molar-refractivity contribution in [2.75, 3.05) is 19.8 Å². The number of hydrogen-bond acceptors (Lipinski definition) is 4. The second kappa shape index (κ2) is 21.4. The zero-order valence-electron chi connectivity index (χ0n) is 11.8. The molecule has 0 aromatic rings. The van der Waals surface area contributed by atoms with Gasteiger partial charge in [0.15, 0.2) is 0 Å². The van der Waals surface area contributed by atoms with Crippen LogP contribution in [0.3, 0.4) is 0 Å². The number of hydrogen-bond donors (Lipinski definition) is 3. The van der Waals surface area contributed by atoms with Crippen LogP contribution in [0.25, 0.3) is 0 Å². The highest BCUT2D eigenvalue weighted by molar-refractivity contribution is 5.78. The number of aliphatic carboxylic acids is 1. The van der Waals surface area contributed by atoms with Gasteiger partial charge in [0.2, 0.25) is 0 Å². The van der Waals surface area contributed by atoms with Crippen LogP contribution in [0.5, 0.6) is 0 Å². The summed E-state index contributed by atoms with van der Waals surface area (Å²) in [6.07, 6.45) is 3.25. The Morgan fingerprint density at radius 2 is 1.72 bits per heavy atom. The lowest BCUT2D eigenvalue weighted by Gasteiger charge is -1.95. The molecule has 110 valence electrons. The quantitative estimate of drug-likeness (QED) is 0.482. The van der Waals surface area contributed by atoms with Crippen LogP contribution >= 0.6 is 0 Å². The van der Waals surface area contributed by atoms with Crippen LogP contribution in [0.1, 0.15) is 40.0 Å². The predicted octanol–water partition coefficient (Wildman–Crippen LogP) is 1.83. The Bertz CT molecular complexity index is 165.